The monoisotopic (exact) mass is 341 g/mol. The molecule has 2 amide bonds. The minimum atomic E-state index is -0.523. The van der Waals surface area contributed by atoms with E-state index in [0.29, 0.717) is 24.2 Å². The lowest BCUT2D eigenvalue weighted by atomic mass is 10.1. The number of carbonyl (C=O) groups excluding carboxylic acids is 2. The van der Waals surface area contributed by atoms with Gasteiger partial charge in [0, 0.05) is 23.6 Å². The number of nitro benzene ring substituents is 1. The van der Waals surface area contributed by atoms with Gasteiger partial charge in [0.2, 0.25) is 5.91 Å². The number of rotatable bonds is 6. The summed E-state index contributed by atoms with van der Waals surface area (Å²) in [4.78, 5) is 34.8. The zero-order valence-electron chi connectivity index (χ0n) is 14.0. The molecular formula is C18H19N3O4. The lowest BCUT2D eigenvalue weighted by Crippen LogP contribution is -2.17. The van der Waals surface area contributed by atoms with Gasteiger partial charge in [0.05, 0.1) is 16.3 Å². The predicted molar refractivity (Wildman–Crippen MR) is 95.8 cm³/mol. The lowest BCUT2D eigenvalue weighted by Gasteiger charge is -2.13. The van der Waals surface area contributed by atoms with Gasteiger partial charge in [0.25, 0.3) is 11.6 Å². The van der Waals surface area contributed by atoms with E-state index in [1.165, 1.54) is 25.1 Å². The Morgan fingerprint density at radius 2 is 1.68 bits per heavy atom. The Kier molecular flexibility index (Phi) is 5.84. The van der Waals surface area contributed by atoms with E-state index in [0.717, 1.165) is 0 Å². The Labute approximate surface area is 145 Å². The second kappa shape index (κ2) is 8.05. The largest absolute Gasteiger partial charge is 0.324 e. The number of hydrogen-bond acceptors (Lipinski definition) is 4. The molecule has 7 nitrogen and oxygen atoms in total. The van der Waals surface area contributed by atoms with Crippen LogP contribution in [0.1, 0.15) is 35.7 Å². The number of para-hydroxylation sites is 2. The Morgan fingerprint density at radius 1 is 1.04 bits per heavy atom. The van der Waals surface area contributed by atoms with Crippen LogP contribution in [0.25, 0.3) is 0 Å². The molecule has 0 saturated heterocycles. The van der Waals surface area contributed by atoms with Crippen molar-refractivity contribution in [2.45, 2.75) is 26.7 Å². The molecule has 0 heterocycles. The summed E-state index contributed by atoms with van der Waals surface area (Å²) >= 11 is 0. The number of amides is 2. The highest BCUT2D eigenvalue weighted by atomic mass is 16.6. The zero-order valence-corrected chi connectivity index (χ0v) is 14.0. The van der Waals surface area contributed by atoms with Gasteiger partial charge in [0.15, 0.2) is 0 Å². The number of anilines is 2. The average molecular weight is 341 g/mol. The quantitative estimate of drug-likeness (QED) is 0.614. The SMILES string of the molecule is CCCC(=O)Nc1ccccc1NC(=O)c1cccc([N+](=O)[O-])c1C. The molecule has 0 aromatic heterocycles. The molecule has 2 aromatic carbocycles. The third kappa shape index (κ3) is 4.41. The highest BCUT2D eigenvalue weighted by Crippen LogP contribution is 2.25. The van der Waals surface area contributed by atoms with Crippen molar-refractivity contribution in [3.05, 3.63) is 63.7 Å². The summed E-state index contributed by atoms with van der Waals surface area (Å²) in [7, 11) is 0. The molecule has 2 N–H and O–H groups in total. The summed E-state index contributed by atoms with van der Waals surface area (Å²) in [5, 5.41) is 16.5. The Hall–Kier alpha value is -3.22. The van der Waals surface area contributed by atoms with Gasteiger partial charge in [-0.2, -0.15) is 0 Å². The van der Waals surface area contributed by atoms with Crippen molar-refractivity contribution in [3.63, 3.8) is 0 Å². The number of nitrogens with one attached hydrogen (secondary N) is 2. The number of nitro groups is 1. The molecule has 0 aliphatic heterocycles. The van der Waals surface area contributed by atoms with Crippen LogP contribution in [0.5, 0.6) is 0 Å². The first kappa shape index (κ1) is 18.1. The van der Waals surface area contributed by atoms with Crippen molar-refractivity contribution in [1.29, 1.82) is 0 Å². The molecule has 130 valence electrons. The fourth-order valence-electron chi connectivity index (χ4n) is 2.40. The van der Waals surface area contributed by atoms with Crippen LogP contribution in [0.15, 0.2) is 42.5 Å². The second-order valence-electron chi connectivity index (χ2n) is 5.50. The molecule has 0 aliphatic rings. The van der Waals surface area contributed by atoms with Crippen molar-refractivity contribution in [1.82, 2.24) is 0 Å². The van der Waals surface area contributed by atoms with E-state index in [-0.39, 0.29) is 22.7 Å². The van der Waals surface area contributed by atoms with E-state index < -0.39 is 10.8 Å². The summed E-state index contributed by atoms with van der Waals surface area (Å²) in [5.41, 5.74) is 1.30. The zero-order chi connectivity index (χ0) is 18.4. The van der Waals surface area contributed by atoms with Gasteiger partial charge < -0.3 is 10.6 Å². The normalized spacial score (nSPS) is 10.2. The molecule has 2 aromatic rings. The molecule has 0 atom stereocenters. The van der Waals surface area contributed by atoms with Gasteiger partial charge in [-0.05, 0) is 31.5 Å². The molecule has 0 bridgehead atoms. The summed E-state index contributed by atoms with van der Waals surface area (Å²) in [6.07, 6.45) is 1.10. The van der Waals surface area contributed by atoms with E-state index in [4.69, 9.17) is 0 Å². The van der Waals surface area contributed by atoms with Crippen LogP contribution >= 0.6 is 0 Å². The van der Waals surface area contributed by atoms with Crippen molar-refractivity contribution >= 4 is 28.9 Å². The third-order valence-corrected chi connectivity index (χ3v) is 3.67. The number of nitrogens with zero attached hydrogens (tertiary/aromatic N) is 1. The molecule has 0 fully saturated rings. The second-order valence-corrected chi connectivity index (χ2v) is 5.50. The van der Waals surface area contributed by atoms with Gasteiger partial charge in [-0.1, -0.05) is 25.1 Å². The van der Waals surface area contributed by atoms with Crippen molar-refractivity contribution in [2.24, 2.45) is 0 Å². The van der Waals surface area contributed by atoms with Gasteiger partial charge in [0.1, 0.15) is 0 Å². The van der Waals surface area contributed by atoms with Crippen LogP contribution in [0.3, 0.4) is 0 Å². The molecule has 0 radical (unpaired) electrons. The van der Waals surface area contributed by atoms with Gasteiger partial charge in [-0.15, -0.1) is 0 Å². The van der Waals surface area contributed by atoms with E-state index in [1.54, 1.807) is 24.3 Å². The summed E-state index contributed by atoms with van der Waals surface area (Å²) in [6.45, 7) is 3.43. The van der Waals surface area contributed by atoms with Crippen LogP contribution in [-0.4, -0.2) is 16.7 Å². The maximum atomic E-state index is 12.5. The smallest absolute Gasteiger partial charge is 0.273 e. The van der Waals surface area contributed by atoms with Crippen molar-refractivity contribution < 1.29 is 14.5 Å². The Bertz CT molecular complexity index is 818. The number of hydrogen-bond donors (Lipinski definition) is 2. The van der Waals surface area contributed by atoms with Gasteiger partial charge >= 0.3 is 0 Å². The molecule has 0 saturated carbocycles. The van der Waals surface area contributed by atoms with Crippen molar-refractivity contribution in [3.8, 4) is 0 Å². The van der Waals surface area contributed by atoms with Gasteiger partial charge in [-0.3, -0.25) is 19.7 Å². The molecule has 7 heteroatoms. The average Bonchev–Trinajstić information content (AvgIpc) is 2.56. The molecule has 2 rings (SSSR count). The fourth-order valence-corrected chi connectivity index (χ4v) is 2.40. The molecule has 0 spiro atoms. The maximum Gasteiger partial charge on any atom is 0.273 e. The van der Waals surface area contributed by atoms with Crippen molar-refractivity contribution in [2.75, 3.05) is 10.6 Å². The van der Waals surface area contributed by atoms with Crippen LogP contribution in [0, 0.1) is 17.0 Å². The highest BCUT2D eigenvalue weighted by Gasteiger charge is 2.18. The van der Waals surface area contributed by atoms with Crippen LogP contribution in [0.2, 0.25) is 0 Å². The first-order chi connectivity index (χ1) is 11.9. The Balaban J connectivity index is 2.26. The lowest BCUT2D eigenvalue weighted by molar-refractivity contribution is -0.385. The van der Waals surface area contributed by atoms with Crippen LogP contribution < -0.4 is 10.6 Å². The molecule has 0 unspecified atom stereocenters. The number of carbonyl (C=O) groups is 2. The topological polar surface area (TPSA) is 101 Å². The van der Waals surface area contributed by atoms with E-state index in [1.807, 2.05) is 6.92 Å². The molecular weight excluding hydrogens is 322 g/mol. The van der Waals surface area contributed by atoms with Gasteiger partial charge in [-0.25, -0.2) is 0 Å². The summed E-state index contributed by atoms with van der Waals surface area (Å²) < 4.78 is 0. The minimum absolute atomic E-state index is 0.114. The maximum absolute atomic E-state index is 12.5. The summed E-state index contributed by atoms with van der Waals surface area (Å²) in [5.74, 6) is -0.617. The first-order valence-electron chi connectivity index (χ1n) is 7.88. The summed E-state index contributed by atoms with van der Waals surface area (Å²) in [6, 6.07) is 11.2. The number of benzene rings is 2. The highest BCUT2D eigenvalue weighted by molar-refractivity contribution is 6.08. The van der Waals surface area contributed by atoms with Crippen LogP contribution in [-0.2, 0) is 4.79 Å². The molecule has 0 aliphatic carbocycles. The van der Waals surface area contributed by atoms with E-state index >= 15 is 0 Å². The third-order valence-electron chi connectivity index (χ3n) is 3.67. The van der Waals surface area contributed by atoms with Crippen LogP contribution in [0.4, 0.5) is 17.1 Å². The fraction of sp³-hybridized carbons (Fsp3) is 0.222. The van der Waals surface area contributed by atoms with E-state index in [2.05, 4.69) is 10.6 Å². The predicted octanol–water partition coefficient (Wildman–Crippen LogP) is 3.89. The van der Waals surface area contributed by atoms with E-state index in [9.17, 15) is 19.7 Å². The standard InChI is InChI=1S/C18H19N3O4/c1-3-7-17(22)19-14-9-4-5-10-15(14)20-18(23)13-8-6-11-16(12(13)2)21(24)25/h4-6,8-11H,3,7H2,1-2H3,(H,19,22)(H,20,23). The first-order valence-corrected chi connectivity index (χ1v) is 7.88. The Morgan fingerprint density at radius 3 is 2.28 bits per heavy atom. The minimum Gasteiger partial charge on any atom is -0.324 e. The molecule has 25 heavy (non-hydrogen) atoms.